The van der Waals surface area contributed by atoms with Gasteiger partial charge in [0.15, 0.2) is 0 Å². The Hall–Kier alpha value is -2.60. The van der Waals surface area contributed by atoms with E-state index in [1.165, 1.54) is 11.1 Å². The van der Waals surface area contributed by atoms with Crippen LogP contribution in [0.2, 0.25) is 0 Å². The molecule has 3 heterocycles. The lowest BCUT2D eigenvalue weighted by Crippen LogP contribution is -2.39. The molecule has 2 aromatic rings. The van der Waals surface area contributed by atoms with Crippen LogP contribution in [-0.2, 0) is 30.8 Å². The Bertz CT molecular complexity index is 978. The Labute approximate surface area is 197 Å². The zero-order chi connectivity index (χ0) is 23.2. The van der Waals surface area contributed by atoms with E-state index < -0.39 is 0 Å². The van der Waals surface area contributed by atoms with Crippen molar-refractivity contribution in [2.45, 2.75) is 71.7 Å². The van der Waals surface area contributed by atoms with Gasteiger partial charge in [-0.1, -0.05) is 30.3 Å². The minimum atomic E-state index is -0.189. The number of fused-ring (bicyclic) bond motifs is 1. The van der Waals surface area contributed by atoms with E-state index in [-0.39, 0.29) is 17.8 Å². The number of nitrogens with zero attached hydrogens (tertiary/aromatic N) is 3. The predicted octanol–water partition coefficient (Wildman–Crippen LogP) is 4.44. The summed E-state index contributed by atoms with van der Waals surface area (Å²) >= 11 is 0. The van der Waals surface area contributed by atoms with Gasteiger partial charge in [-0.3, -0.25) is 9.69 Å². The summed E-state index contributed by atoms with van der Waals surface area (Å²) in [7, 11) is 0. The summed E-state index contributed by atoms with van der Waals surface area (Å²) in [5.41, 5.74) is 3.69. The molecule has 178 valence electrons. The van der Waals surface area contributed by atoms with Crippen molar-refractivity contribution in [2.24, 2.45) is 5.92 Å². The molecule has 1 amide bonds. The molecule has 1 aromatic heterocycles. The molecule has 0 spiro atoms. The summed E-state index contributed by atoms with van der Waals surface area (Å²) in [6.45, 7) is 8.79. The SMILES string of the molecule is CC(C)OC(=O)N1CCC(CCCn2ccc3c(c2=O)CCN(Cc2ccccc2)C3)CC1. The van der Waals surface area contributed by atoms with E-state index in [0.717, 1.165) is 76.9 Å². The molecular formula is C27H37N3O3. The summed E-state index contributed by atoms with van der Waals surface area (Å²) < 4.78 is 7.21. The number of benzene rings is 1. The van der Waals surface area contributed by atoms with Crippen molar-refractivity contribution < 1.29 is 9.53 Å². The second kappa shape index (κ2) is 11.0. The number of carbonyl (C=O) groups excluding carboxylic acids is 1. The number of rotatable bonds is 7. The van der Waals surface area contributed by atoms with Crippen LogP contribution in [0.25, 0.3) is 0 Å². The molecule has 0 atom stereocenters. The molecule has 33 heavy (non-hydrogen) atoms. The number of piperidine rings is 1. The molecule has 2 aliphatic rings. The summed E-state index contributed by atoms with van der Waals surface area (Å²) in [6, 6.07) is 12.7. The van der Waals surface area contributed by atoms with Crippen molar-refractivity contribution in [2.75, 3.05) is 19.6 Å². The van der Waals surface area contributed by atoms with Crippen LogP contribution in [-0.4, -0.2) is 46.2 Å². The van der Waals surface area contributed by atoms with Gasteiger partial charge in [0, 0.05) is 51.0 Å². The number of ether oxygens (including phenoxy) is 1. The van der Waals surface area contributed by atoms with E-state index in [9.17, 15) is 9.59 Å². The van der Waals surface area contributed by atoms with Crippen LogP contribution >= 0.6 is 0 Å². The molecular weight excluding hydrogens is 414 g/mol. The van der Waals surface area contributed by atoms with Crippen molar-refractivity contribution in [1.29, 1.82) is 0 Å². The van der Waals surface area contributed by atoms with Gasteiger partial charge >= 0.3 is 6.09 Å². The number of amides is 1. The maximum atomic E-state index is 13.1. The molecule has 1 aromatic carbocycles. The van der Waals surface area contributed by atoms with E-state index >= 15 is 0 Å². The Morgan fingerprint density at radius 1 is 1.09 bits per heavy atom. The molecule has 0 unspecified atom stereocenters. The van der Waals surface area contributed by atoms with Crippen LogP contribution < -0.4 is 5.56 Å². The third kappa shape index (κ3) is 6.26. The number of likely N-dealkylation sites (tertiary alicyclic amines) is 1. The van der Waals surface area contributed by atoms with Crippen molar-refractivity contribution in [3.63, 3.8) is 0 Å². The summed E-state index contributed by atoms with van der Waals surface area (Å²) in [5.74, 6) is 0.618. The number of aryl methyl sites for hydroxylation is 1. The van der Waals surface area contributed by atoms with Gasteiger partial charge < -0.3 is 14.2 Å². The van der Waals surface area contributed by atoms with Gasteiger partial charge in [0.25, 0.3) is 5.56 Å². The fourth-order valence-corrected chi connectivity index (χ4v) is 5.05. The first-order valence-electron chi connectivity index (χ1n) is 12.4. The lowest BCUT2D eigenvalue weighted by atomic mass is 9.92. The third-order valence-electron chi connectivity index (χ3n) is 6.90. The van der Waals surface area contributed by atoms with Gasteiger partial charge in [-0.15, -0.1) is 0 Å². The summed E-state index contributed by atoms with van der Waals surface area (Å²) in [4.78, 5) is 29.3. The topological polar surface area (TPSA) is 54.8 Å². The molecule has 0 N–H and O–H groups in total. The third-order valence-corrected chi connectivity index (χ3v) is 6.90. The van der Waals surface area contributed by atoms with Crippen LogP contribution in [0.15, 0.2) is 47.4 Å². The van der Waals surface area contributed by atoms with Gasteiger partial charge in [-0.25, -0.2) is 4.79 Å². The van der Waals surface area contributed by atoms with Gasteiger partial charge in [-0.05, 0) is 69.1 Å². The molecule has 4 rings (SSSR count). The summed E-state index contributed by atoms with van der Waals surface area (Å²) in [5, 5.41) is 0. The summed E-state index contributed by atoms with van der Waals surface area (Å²) in [6.07, 6.45) is 6.68. The first-order valence-corrected chi connectivity index (χ1v) is 12.4. The number of pyridine rings is 1. The lowest BCUT2D eigenvalue weighted by molar-refractivity contribution is 0.0645. The largest absolute Gasteiger partial charge is 0.447 e. The number of aromatic nitrogens is 1. The number of hydrogen-bond donors (Lipinski definition) is 0. The lowest BCUT2D eigenvalue weighted by Gasteiger charge is -2.32. The van der Waals surface area contributed by atoms with Crippen molar-refractivity contribution in [3.05, 3.63) is 69.6 Å². The Morgan fingerprint density at radius 2 is 1.85 bits per heavy atom. The van der Waals surface area contributed by atoms with Gasteiger partial charge in [0.2, 0.25) is 0 Å². The smallest absolute Gasteiger partial charge is 0.410 e. The zero-order valence-corrected chi connectivity index (χ0v) is 20.0. The minimum absolute atomic E-state index is 0.0721. The van der Waals surface area contributed by atoms with Crippen molar-refractivity contribution in [3.8, 4) is 0 Å². The first kappa shape index (κ1) is 23.6. The molecule has 0 bridgehead atoms. The highest BCUT2D eigenvalue weighted by Gasteiger charge is 2.24. The minimum Gasteiger partial charge on any atom is -0.447 e. The molecule has 6 nitrogen and oxygen atoms in total. The fraction of sp³-hybridized carbons (Fsp3) is 0.556. The monoisotopic (exact) mass is 451 g/mol. The highest BCUT2D eigenvalue weighted by molar-refractivity contribution is 5.67. The molecule has 2 aliphatic heterocycles. The van der Waals surface area contributed by atoms with Crippen LogP contribution in [0.1, 0.15) is 56.2 Å². The molecule has 0 saturated carbocycles. The highest BCUT2D eigenvalue weighted by Crippen LogP contribution is 2.23. The van der Waals surface area contributed by atoms with Crippen LogP contribution in [0, 0.1) is 5.92 Å². The van der Waals surface area contributed by atoms with Gasteiger partial charge in [0.1, 0.15) is 0 Å². The fourth-order valence-electron chi connectivity index (χ4n) is 5.05. The van der Waals surface area contributed by atoms with E-state index in [2.05, 4.69) is 35.2 Å². The maximum Gasteiger partial charge on any atom is 0.410 e. The van der Waals surface area contributed by atoms with Crippen LogP contribution in [0.4, 0.5) is 4.79 Å². The highest BCUT2D eigenvalue weighted by atomic mass is 16.6. The van der Waals surface area contributed by atoms with E-state index in [0.29, 0.717) is 5.92 Å². The van der Waals surface area contributed by atoms with Crippen LogP contribution in [0.3, 0.4) is 0 Å². The Balaban J connectivity index is 1.24. The second-order valence-electron chi connectivity index (χ2n) is 9.77. The maximum absolute atomic E-state index is 13.1. The van der Waals surface area contributed by atoms with Crippen LogP contribution in [0.5, 0.6) is 0 Å². The Kier molecular flexibility index (Phi) is 7.86. The number of hydrogen-bond acceptors (Lipinski definition) is 4. The standard InChI is InChI=1S/C27H37N3O3/c1-21(2)33-27(32)30-16-10-22(11-17-30)9-6-14-29-18-12-24-20-28(15-13-25(24)26(29)31)19-23-7-4-3-5-8-23/h3-5,7-8,12,18,21-22H,6,9-11,13-17,19-20H2,1-2H3. The molecule has 1 saturated heterocycles. The quantitative estimate of drug-likeness (QED) is 0.624. The van der Waals surface area contributed by atoms with Gasteiger partial charge in [0.05, 0.1) is 6.10 Å². The van der Waals surface area contributed by atoms with Crippen molar-refractivity contribution in [1.82, 2.24) is 14.4 Å². The second-order valence-corrected chi connectivity index (χ2v) is 9.77. The predicted molar refractivity (Wildman–Crippen MR) is 130 cm³/mol. The zero-order valence-electron chi connectivity index (χ0n) is 20.0. The van der Waals surface area contributed by atoms with Crippen molar-refractivity contribution >= 4 is 6.09 Å². The number of carbonyl (C=O) groups is 1. The average molecular weight is 452 g/mol. The normalized spacial score (nSPS) is 17.2. The molecule has 1 fully saturated rings. The Morgan fingerprint density at radius 3 is 2.58 bits per heavy atom. The first-order chi connectivity index (χ1) is 16.0. The molecule has 0 radical (unpaired) electrons. The molecule has 6 heteroatoms. The van der Waals surface area contributed by atoms with Gasteiger partial charge in [-0.2, -0.15) is 0 Å². The van der Waals surface area contributed by atoms with E-state index in [4.69, 9.17) is 4.74 Å². The van der Waals surface area contributed by atoms with E-state index in [1.54, 1.807) is 0 Å². The average Bonchev–Trinajstić information content (AvgIpc) is 2.81. The molecule has 0 aliphatic carbocycles. The van der Waals surface area contributed by atoms with E-state index in [1.807, 2.05) is 35.6 Å².